The molecule has 0 aromatic carbocycles. The van der Waals surface area contributed by atoms with Gasteiger partial charge < -0.3 is 18.9 Å². The Morgan fingerprint density at radius 2 is 2.07 bits per heavy atom. The van der Waals surface area contributed by atoms with Crippen LogP contribution in [0.15, 0.2) is 29.2 Å². The molecular formula is C19H29N3O4S. The van der Waals surface area contributed by atoms with E-state index in [0.29, 0.717) is 10.7 Å². The number of aromatic nitrogens is 1. The van der Waals surface area contributed by atoms with Crippen molar-refractivity contribution in [3.63, 3.8) is 0 Å². The van der Waals surface area contributed by atoms with E-state index in [1.165, 1.54) is 17.4 Å². The van der Waals surface area contributed by atoms with Crippen molar-refractivity contribution >= 4 is 23.5 Å². The second kappa shape index (κ2) is 9.73. The number of carbonyl (C=O) groups excluding carboxylic acids is 2. The van der Waals surface area contributed by atoms with E-state index in [2.05, 4.69) is 11.6 Å². The van der Waals surface area contributed by atoms with Crippen molar-refractivity contribution in [2.45, 2.75) is 52.2 Å². The van der Waals surface area contributed by atoms with Gasteiger partial charge in [-0.1, -0.05) is 12.7 Å². The van der Waals surface area contributed by atoms with Crippen LogP contribution in [0.4, 0.5) is 9.59 Å². The van der Waals surface area contributed by atoms with Gasteiger partial charge in [0.2, 0.25) is 0 Å². The fourth-order valence-electron chi connectivity index (χ4n) is 2.85. The quantitative estimate of drug-likeness (QED) is 0.711. The lowest BCUT2D eigenvalue weighted by Crippen LogP contribution is -2.41. The summed E-state index contributed by atoms with van der Waals surface area (Å²) in [5, 5.41) is 1.91. The maximum atomic E-state index is 12.1. The highest BCUT2D eigenvalue weighted by Crippen LogP contribution is 2.22. The van der Waals surface area contributed by atoms with Crippen LogP contribution in [0.5, 0.6) is 0 Å². The van der Waals surface area contributed by atoms with E-state index in [-0.39, 0.29) is 12.7 Å². The highest BCUT2D eigenvalue weighted by Gasteiger charge is 2.26. The van der Waals surface area contributed by atoms with Crippen LogP contribution < -0.4 is 4.80 Å². The summed E-state index contributed by atoms with van der Waals surface area (Å²) in [4.78, 5) is 30.2. The van der Waals surface area contributed by atoms with E-state index in [1.807, 2.05) is 36.9 Å². The number of ether oxygens (including phenoxy) is 2. The van der Waals surface area contributed by atoms with E-state index < -0.39 is 11.7 Å². The number of likely N-dealkylation sites (tertiary alicyclic amines) is 1. The molecule has 1 aromatic heterocycles. The van der Waals surface area contributed by atoms with Gasteiger partial charge in [0, 0.05) is 31.2 Å². The zero-order chi connectivity index (χ0) is 19.9. The summed E-state index contributed by atoms with van der Waals surface area (Å²) in [6.45, 7) is 11.5. The van der Waals surface area contributed by atoms with Gasteiger partial charge in [-0.2, -0.15) is 0 Å². The van der Waals surface area contributed by atoms with Gasteiger partial charge in [0.15, 0.2) is 4.80 Å². The molecule has 2 heterocycles. The zero-order valence-electron chi connectivity index (χ0n) is 16.3. The highest BCUT2D eigenvalue weighted by atomic mass is 32.1. The van der Waals surface area contributed by atoms with Crippen LogP contribution >= 0.6 is 11.3 Å². The number of thiazole rings is 1. The predicted molar refractivity (Wildman–Crippen MR) is 105 cm³/mol. The third kappa shape index (κ3) is 7.21. The fraction of sp³-hybridized carbons (Fsp3) is 0.632. The molecule has 1 aliphatic rings. The SMILES string of the molecule is C=CCOC(=O)/N=c1\sccn1CCC1CCN(C(=O)OC(C)(C)C)CC1. The molecule has 0 radical (unpaired) electrons. The largest absolute Gasteiger partial charge is 0.444 e. The van der Waals surface area contributed by atoms with Gasteiger partial charge in [-0.3, -0.25) is 0 Å². The molecule has 1 aliphatic heterocycles. The van der Waals surface area contributed by atoms with Crippen LogP contribution in [-0.4, -0.2) is 47.0 Å². The van der Waals surface area contributed by atoms with E-state index in [0.717, 1.165) is 38.9 Å². The number of aryl methyl sites for hydroxylation is 1. The van der Waals surface area contributed by atoms with Crippen LogP contribution in [0, 0.1) is 5.92 Å². The molecule has 1 saturated heterocycles. The van der Waals surface area contributed by atoms with Gasteiger partial charge >= 0.3 is 12.2 Å². The van der Waals surface area contributed by atoms with Gasteiger partial charge in [-0.05, 0) is 46.0 Å². The Balaban J connectivity index is 1.82. The number of amides is 2. The van der Waals surface area contributed by atoms with Crippen LogP contribution in [-0.2, 0) is 16.0 Å². The smallest absolute Gasteiger partial charge is 0.436 e. The van der Waals surface area contributed by atoms with Gasteiger partial charge in [0.25, 0.3) is 0 Å². The molecule has 8 heteroatoms. The summed E-state index contributed by atoms with van der Waals surface area (Å²) >= 11 is 1.41. The number of carbonyl (C=O) groups is 2. The Kier molecular flexibility index (Phi) is 7.65. The van der Waals surface area contributed by atoms with Crippen LogP contribution in [0.25, 0.3) is 0 Å². The van der Waals surface area contributed by atoms with E-state index in [4.69, 9.17) is 9.47 Å². The highest BCUT2D eigenvalue weighted by molar-refractivity contribution is 7.07. The zero-order valence-corrected chi connectivity index (χ0v) is 17.2. The molecule has 150 valence electrons. The second-order valence-electron chi connectivity index (χ2n) is 7.56. The molecule has 0 bridgehead atoms. The third-order valence-corrected chi connectivity index (χ3v) is 5.01. The summed E-state index contributed by atoms with van der Waals surface area (Å²) in [5.74, 6) is 0.539. The first-order chi connectivity index (χ1) is 12.8. The van der Waals surface area contributed by atoms with Crippen LogP contribution in [0.3, 0.4) is 0 Å². The van der Waals surface area contributed by atoms with Crippen molar-refractivity contribution < 1.29 is 19.1 Å². The molecule has 0 N–H and O–H groups in total. The molecule has 2 amide bonds. The minimum Gasteiger partial charge on any atom is -0.444 e. The molecule has 0 saturated carbocycles. The third-order valence-electron chi connectivity index (χ3n) is 4.22. The maximum Gasteiger partial charge on any atom is 0.436 e. The maximum absolute atomic E-state index is 12.1. The normalized spacial score (nSPS) is 16.3. The van der Waals surface area contributed by atoms with Crippen molar-refractivity contribution in [3.05, 3.63) is 29.0 Å². The van der Waals surface area contributed by atoms with E-state index >= 15 is 0 Å². The average Bonchev–Trinajstić information content (AvgIpc) is 3.04. The number of nitrogens with zero attached hydrogens (tertiary/aromatic N) is 3. The molecule has 1 aromatic rings. The van der Waals surface area contributed by atoms with Crippen molar-refractivity contribution in [2.24, 2.45) is 10.9 Å². The minimum atomic E-state index is -0.600. The first kappa shape index (κ1) is 21.2. The Labute approximate surface area is 164 Å². The molecule has 1 fully saturated rings. The lowest BCUT2D eigenvalue weighted by Gasteiger charge is -2.33. The summed E-state index contributed by atoms with van der Waals surface area (Å²) in [7, 11) is 0. The standard InChI is InChI=1S/C19H29N3O4S/c1-5-13-25-17(23)20-16-21(12-14-27-16)9-6-15-7-10-22(11-8-15)18(24)26-19(2,3)4/h5,12,14-15H,1,6-11,13H2,2-4H3/b20-16-. The molecule has 0 aliphatic carbocycles. The summed E-state index contributed by atoms with van der Waals surface area (Å²) < 4.78 is 12.3. The molecule has 0 spiro atoms. The Morgan fingerprint density at radius 1 is 1.37 bits per heavy atom. The van der Waals surface area contributed by atoms with E-state index in [1.54, 1.807) is 4.90 Å². The first-order valence-electron chi connectivity index (χ1n) is 9.23. The van der Waals surface area contributed by atoms with Gasteiger partial charge in [-0.25, -0.2) is 9.59 Å². The summed E-state index contributed by atoms with van der Waals surface area (Å²) in [6.07, 6.45) is 5.51. The first-order valence-corrected chi connectivity index (χ1v) is 10.1. The molecule has 7 nitrogen and oxygen atoms in total. The minimum absolute atomic E-state index is 0.157. The number of hydrogen-bond donors (Lipinski definition) is 0. The Bertz CT molecular complexity index is 709. The Morgan fingerprint density at radius 3 is 2.70 bits per heavy atom. The van der Waals surface area contributed by atoms with E-state index in [9.17, 15) is 9.59 Å². The van der Waals surface area contributed by atoms with Crippen molar-refractivity contribution in [3.8, 4) is 0 Å². The second-order valence-corrected chi connectivity index (χ2v) is 8.43. The predicted octanol–water partition coefficient (Wildman–Crippen LogP) is 3.81. The summed E-state index contributed by atoms with van der Waals surface area (Å²) in [6, 6.07) is 0. The summed E-state index contributed by atoms with van der Waals surface area (Å²) in [5.41, 5.74) is -0.462. The molecule has 0 atom stereocenters. The van der Waals surface area contributed by atoms with Gasteiger partial charge in [0.1, 0.15) is 12.2 Å². The number of piperidine rings is 1. The fourth-order valence-corrected chi connectivity index (χ4v) is 3.59. The Hall–Kier alpha value is -2.09. The van der Waals surface area contributed by atoms with Crippen molar-refractivity contribution in [1.82, 2.24) is 9.47 Å². The lowest BCUT2D eigenvalue weighted by molar-refractivity contribution is 0.0180. The van der Waals surface area contributed by atoms with Crippen molar-refractivity contribution in [1.29, 1.82) is 0 Å². The molecule has 2 rings (SSSR count). The van der Waals surface area contributed by atoms with Crippen LogP contribution in [0.1, 0.15) is 40.0 Å². The van der Waals surface area contributed by atoms with Crippen molar-refractivity contribution in [2.75, 3.05) is 19.7 Å². The van der Waals surface area contributed by atoms with Gasteiger partial charge in [0.05, 0.1) is 0 Å². The topological polar surface area (TPSA) is 73.1 Å². The molecule has 0 unspecified atom stereocenters. The molecule has 27 heavy (non-hydrogen) atoms. The number of rotatable bonds is 5. The average molecular weight is 396 g/mol. The van der Waals surface area contributed by atoms with Crippen LogP contribution in [0.2, 0.25) is 0 Å². The molecular weight excluding hydrogens is 366 g/mol. The van der Waals surface area contributed by atoms with Gasteiger partial charge in [-0.15, -0.1) is 16.3 Å². The lowest BCUT2D eigenvalue weighted by atomic mass is 9.94. The monoisotopic (exact) mass is 395 g/mol. The number of hydrogen-bond acceptors (Lipinski definition) is 5.